The van der Waals surface area contributed by atoms with Gasteiger partial charge in [-0.1, -0.05) is 40.0 Å². The topological polar surface area (TPSA) is 69.8 Å². The fraction of sp³-hybridized carbons (Fsp3) is 0.520. The van der Waals surface area contributed by atoms with Gasteiger partial charge >= 0.3 is 0 Å². The van der Waals surface area contributed by atoms with Gasteiger partial charge in [0.2, 0.25) is 5.43 Å². The molecular weight excluding hydrogens is 388 g/mol. The summed E-state index contributed by atoms with van der Waals surface area (Å²) in [7, 11) is 0. The summed E-state index contributed by atoms with van der Waals surface area (Å²) in [5, 5.41) is 5.55. The first-order chi connectivity index (χ1) is 14.9. The highest BCUT2D eigenvalue weighted by Gasteiger charge is 2.38. The fourth-order valence-electron chi connectivity index (χ4n) is 4.65. The normalized spacial score (nSPS) is 15.0. The molecule has 0 unspecified atom stereocenters. The maximum atomic E-state index is 12.0. The van der Waals surface area contributed by atoms with E-state index in [1.807, 2.05) is 13.8 Å². The van der Waals surface area contributed by atoms with Crippen molar-refractivity contribution in [1.29, 1.82) is 0 Å². The second kappa shape index (κ2) is 9.58. The van der Waals surface area contributed by atoms with Gasteiger partial charge in [0.15, 0.2) is 11.5 Å². The van der Waals surface area contributed by atoms with Crippen LogP contribution in [0.25, 0.3) is 11.0 Å². The van der Waals surface area contributed by atoms with Crippen LogP contribution in [0.1, 0.15) is 81.5 Å². The number of pyridine rings is 1. The maximum Gasteiger partial charge on any atom is 0.211 e. The molecule has 0 spiro atoms. The summed E-state index contributed by atoms with van der Waals surface area (Å²) >= 11 is 0. The van der Waals surface area contributed by atoms with Gasteiger partial charge in [0.25, 0.3) is 0 Å². The molecule has 0 radical (unpaired) electrons. The van der Waals surface area contributed by atoms with Crippen molar-refractivity contribution in [3.05, 3.63) is 57.8 Å². The van der Waals surface area contributed by atoms with Crippen LogP contribution >= 0.6 is 0 Å². The Morgan fingerprint density at radius 1 is 1.16 bits per heavy atom. The maximum absolute atomic E-state index is 12.0. The zero-order chi connectivity index (χ0) is 22.6. The Kier molecular flexibility index (Phi) is 7.08. The van der Waals surface area contributed by atoms with E-state index in [0.717, 1.165) is 49.9 Å². The molecule has 1 fully saturated rings. The summed E-state index contributed by atoms with van der Waals surface area (Å²) in [5.74, 6) is -0.294. The van der Waals surface area contributed by atoms with E-state index in [4.69, 9.17) is 4.98 Å². The van der Waals surface area contributed by atoms with Gasteiger partial charge in [-0.05, 0) is 43.9 Å². The molecular formula is C25H34N4O2. The molecule has 0 N–H and O–H groups in total. The van der Waals surface area contributed by atoms with E-state index in [2.05, 4.69) is 41.8 Å². The Bertz CT molecular complexity index is 1120. The number of fused-ring (bicyclic) bond motifs is 1. The number of aryl methyl sites for hydroxylation is 2. The third-order valence-electron chi connectivity index (χ3n) is 6.11. The van der Waals surface area contributed by atoms with Crippen molar-refractivity contribution < 1.29 is 4.79 Å². The van der Waals surface area contributed by atoms with Gasteiger partial charge < -0.3 is 4.57 Å². The minimum Gasteiger partial charge on any atom is -0.324 e. The van der Waals surface area contributed by atoms with Crippen molar-refractivity contribution in [3.63, 3.8) is 0 Å². The van der Waals surface area contributed by atoms with Crippen molar-refractivity contribution in [3.8, 4) is 0 Å². The van der Waals surface area contributed by atoms with Gasteiger partial charge in [0, 0.05) is 36.5 Å². The molecule has 6 nitrogen and oxygen atoms in total. The predicted octanol–water partition coefficient (Wildman–Crippen LogP) is 5.05. The van der Waals surface area contributed by atoms with Crippen LogP contribution in [0, 0.1) is 6.92 Å². The molecule has 6 heteroatoms. The number of hydrogen-bond donors (Lipinski definition) is 0. The number of hydrogen-bond acceptors (Lipinski definition) is 4. The Balaban J connectivity index is 0.00000132. The Labute approximate surface area is 184 Å². The lowest BCUT2D eigenvalue weighted by Crippen LogP contribution is -2.36. The number of aromatic nitrogens is 4. The molecule has 0 saturated heterocycles. The summed E-state index contributed by atoms with van der Waals surface area (Å²) in [6.45, 7) is 10.3. The molecule has 1 aliphatic rings. The molecule has 0 atom stereocenters. The monoisotopic (exact) mass is 422 g/mol. The van der Waals surface area contributed by atoms with Crippen molar-refractivity contribution in [2.24, 2.45) is 0 Å². The van der Waals surface area contributed by atoms with E-state index in [1.165, 1.54) is 23.9 Å². The van der Waals surface area contributed by atoms with Gasteiger partial charge in [0.05, 0.1) is 12.1 Å². The third kappa shape index (κ3) is 4.48. The first-order valence-corrected chi connectivity index (χ1v) is 11.5. The highest BCUT2D eigenvalue weighted by Crippen LogP contribution is 2.41. The zero-order valence-corrected chi connectivity index (χ0v) is 19.4. The summed E-state index contributed by atoms with van der Waals surface area (Å²) in [6.07, 6.45) is 10.3. The van der Waals surface area contributed by atoms with Crippen LogP contribution in [-0.2, 0) is 18.5 Å². The first kappa shape index (κ1) is 22.9. The van der Waals surface area contributed by atoms with Crippen molar-refractivity contribution >= 4 is 16.8 Å². The summed E-state index contributed by atoms with van der Waals surface area (Å²) in [6, 6.07) is 5.77. The number of Topliss-reactive ketones (excluding diaryl/α,β-unsaturated/α-hetero) is 1. The molecule has 3 aromatic rings. The largest absolute Gasteiger partial charge is 0.324 e. The summed E-state index contributed by atoms with van der Waals surface area (Å²) in [4.78, 5) is 28.8. The van der Waals surface area contributed by atoms with E-state index in [-0.39, 0.29) is 22.4 Å². The van der Waals surface area contributed by atoms with Crippen LogP contribution in [0.4, 0.5) is 0 Å². The molecule has 3 aromatic heterocycles. The minimum absolute atomic E-state index is 0.0116. The number of nitrogens with zero attached hydrogens (tertiary/aromatic N) is 4. The SMILES string of the molecule is CC.CCCc1ccc2c(C)cn(C3(Cn4ccc(=O)c(C(C)=O)n4)CCCC3)c2n1. The van der Waals surface area contributed by atoms with Gasteiger partial charge in [-0.2, -0.15) is 5.10 Å². The van der Waals surface area contributed by atoms with E-state index < -0.39 is 0 Å². The molecule has 3 heterocycles. The molecule has 0 amide bonds. The Morgan fingerprint density at radius 3 is 2.52 bits per heavy atom. The van der Waals surface area contributed by atoms with Gasteiger partial charge in [-0.3, -0.25) is 14.3 Å². The van der Waals surface area contributed by atoms with E-state index in [1.54, 1.807) is 10.9 Å². The van der Waals surface area contributed by atoms with Crippen molar-refractivity contribution in [2.75, 3.05) is 0 Å². The van der Waals surface area contributed by atoms with Crippen molar-refractivity contribution in [1.82, 2.24) is 19.3 Å². The van der Waals surface area contributed by atoms with E-state index in [0.29, 0.717) is 6.54 Å². The average molecular weight is 423 g/mol. The van der Waals surface area contributed by atoms with E-state index in [9.17, 15) is 9.59 Å². The number of carbonyl (C=O) groups excluding carboxylic acids is 1. The van der Waals surface area contributed by atoms with Crippen LogP contribution in [0.3, 0.4) is 0 Å². The molecule has 1 aliphatic carbocycles. The highest BCUT2D eigenvalue weighted by atomic mass is 16.1. The Hall–Kier alpha value is -2.76. The molecule has 0 aliphatic heterocycles. The lowest BCUT2D eigenvalue weighted by atomic mass is 9.97. The lowest BCUT2D eigenvalue weighted by molar-refractivity contribution is 0.100. The van der Waals surface area contributed by atoms with Crippen molar-refractivity contribution in [2.45, 2.75) is 85.2 Å². The van der Waals surface area contributed by atoms with Crippen LogP contribution in [-0.4, -0.2) is 25.1 Å². The molecule has 31 heavy (non-hydrogen) atoms. The molecule has 0 bridgehead atoms. The molecule has 0 aromatic carbocycles. The van der Waals surface area contributed by atoms with Crippen LogP contribution in [0.15, 0.2) is 35.4 Å². The Morgan fingerprint density at radius 2 is 1.87 bits per heavy atom. The number of rotatable bonds is 6. The predicted molar refractivity (Wildman–Crippen MR) is 125 cm³/mol. The average Bonchev–Trinajstić information content (AvgIpc) is 3.36. The second-order valence-electron chi connectivity index (χ2n) is 8.32. The van der Waals surface area contributed by atoms with Gasteiger partial charge in [0.1, 0.15) is 5.65 Å². The summed E-state index contributed by atoms with van der Waals surface area (Å²) < 4.78 is 4.11. The molecule has 1 saturated carbocycles. The number of ketones is 1. The number of carbonyl (C=O) groups is 1. The minimum atomic E-state index is -0.317. The van der Waals surface area contributed by atoms with Crippen LogP contribution < -0.4 is 5.43 Å². The lowest BCUT2D eigenvalue weighted by Gasteiger charge is -2.32. The van der Waals surface area contributed by atoms with Gasteiger partial charge in [-0.15, -0.1) is 0 Å². The first-order valence-electron chi connectivity index (χ1n) is 11.5. The quantitative estimate of drug-likeness (QED) is 0.521. The van der Waals surface area contributed by atoms with E-state index >= 15 is 0 Å². The summed E-state index contributed by atoms with van der Waals surface area (Å²) in [5.41, 5.74) is 2.91. The van der Waals surface area contributed by atoms with Gasteiger partial charge in [-0.25, -0.2) is 4.98 Å². The second-order valence-corrected chi connectivity index (χ2v) is 8.32. The van der Waals surface area contributed by atoms with Crippen LogP contribution in [0.2, 0.25) is 0 Å². The molecule has 4 rings (SSSR count). The van der Waals surface area contributed by atoms with Crippen LogP contribution in [0.5, 0.6) is 0 Å². The zero-order valence-electron chi connectivity index (χ0n) is 19.4. The molecule has 166 valence electrons. The smallest absolute Gasteiger partial charge is 0.211 e. The third-order valence-corrected chi connectivity index (χ3v) is 6.11. The highest BCUT2D eigenvalue weighted by molar-refractivity contribution is 5.91. The standard InChI is InChI=1S/C23H28N4O2.C2H6/c1-4-7-18-8-9-19-16(2)14-27(22(19)24-18)23(11-5-6-12-23)15-26-13-10-20(29)21(25-26)17(3)28;1-2/h8-10,13-14H,4-7,11-12,15H2,1-3H3;1-2H3. The fourth-order valence-corrected chi connectivity index (χ4v) is 4.65.